The molecule has 0 fully saturated rings. The highest BCUT2D eigenvalue weighted by molar-refractivity contribution is 8.03. The molecular weight excluding hydrogens is 402 g/mol. The van der Waals surface area contributed by atoms with Gasteiger partial charge in [-0.2, -0.15) is 0 Å². The number of non-ortho nitro benzene ring substituents is 3. The third-order valence-corrected chi connectivity index (χ3v) is 6.95. The van der Waals surface area contributed by atoms with Crippen molar-refractivity contribution in [1.82, 2.24) is 0 Å². The minimum Gasteiger partial charge on any atom is -0.258 e. The van der Waals surface area contributed by atoms with Crippen LogP contribution >= 0.6 is 0 Å². The fraction of sp³-hybridized carbons (Fsp3) is 0. The lowest BCUT2D eigenvalue weighted by atomic mass is 10.3. The van der Waals surface area contributed by atoms with E-state index in [0.717, 1.165) is 0 Å². The number of nitrogens with zero attached hydrogens (tertiary/aromatic N) is 3. The van der Waals surface area contributed by atoms with Crippen molar-refractivity contribution in [2.75, 3.05) is 0 Å². The third kappa shape index (κ3) is 3.71. The van der Waals surface area contributed by atoms with Crippen LogP contribution in [0, 0.1) is 30.3 Å². The SMILES string of the molecule is O=[N+]([O-])c1ccc([S+](=O)(c2ccc([N+](=O)[O-])cc2)c2ccc([N+](=O)[O-])cc2)cc1. The zero-order valence-electron chi connectivity index (χ0n) is 14.5. The predicted octanol–water partition coefficient (Wildman–Crippen LogP) is 4.39. The van der Waals surface area contributed by atoms with Crippen LogP contribution in [0.4, 0.5) is 17.1 Å². The van der Waals surface area contributed by atoms with E-state index in [0.29, 0.717) is 0 Å². The number of hydrogen-bond acceptors (Lipinski definition) is 7. The molecule has 0 aliphatic carbocycles. The zero-order chi connectivity index (χ0) is 21.2. The van der Waals surface area contributed by atoms with E-state index in [1.54, 1.807) is 0 Å². The van der Waals surface area contributed by atoms with Crippen molar-refractivity contribution in [3.8, 4) is 0 Å². The first-order valence-electron chi connectivity index (χ1n) is 8.01. The fourth-order valence-electron chi connectivity index (χ4n) is 2.69. The first-order valence-corrected chi connectivity index (χ1v) is 9.57. The smallest absolute Gasteiger partial charge is 0.258 e. The molecule has 3 aromatic carbocycles. The maximum atomic E-state index is 14.1. The summed E-state index contributed by atoms with van der Waals surface area (Å²) in [6.07, 6.45) is 0. The Bertz CT molecular complexity index is 997. The first-order chi connectivity index (χ1) is 13.7. The predicted molar refractivity (Wildman–Crippen MR) is 102 cm³/mol. The van der Waals surface area contributed by atoms with Gasteiger partial charge in [0.15, 0.2) is 24.6 Å². The molecule has 0 heterocycles. The topological polar surface area (TPSA) is 146 Å². The maximum absolute atomic E-state index is 14.1. The van der Waals surface area contributed by atoms with Crippen molar-refractivity contribution >= 4 is 27.0 Å². The van der Waals surface area contributed by atoms with Gasteiger partial charge in [-0.25, -0.2) is 0 Å². The van der Waals surface area contributed by atoms with E-state index >= 15 is 0 Å². The van der Waals surface area contributed by atoms with Crippen molar-refractivity contribution < 1.29 is 19.0 Å². The van der Waals surface area contributed by atoms with Gasteiger partial charge in [-0.1, -0.05) is 4.21 Å². The van der Waals surface area contributed by atoms with E-state index in [2.05, 4.69) is 0 Å². The van der Waals surface area contributed by atoms with Crippen molar-refractivity contribution in [2.45, 2.75) is 14.7 Å². The van der Waals surface area contributed by atoms with Crippen molar-refractivity contribution in [1.29, 1.82) is 0 Å². The summed E-state index contributed by atoms with van der Waals surface area (Å²) >= 11 is 0. The number of benzene rings is 3. The Morgan fingerprint density at radius 1 is 0.483 bits per heavy atom. The van der Waals surface area contributed by atoms with E-state index in [1.807, 2.05) is 0 Å². The molecule has 0 aromatic heterocycles. The monoisotopic (exact) mass is 414 g/mol. The first kappa shape index (κ1) is 19.8. The van der Waals surface area contributed by atoms with Gasteiger partial charge in [0, 0.05) is 72.8 Å². The molecule has 0 bridgehead atoms. The Morgan fingerprint density at radius 3 is 0.862 bits per heavy atom. The number of nitro benzene ring substituents is 3. The zero-order valence-corrected chi connectivity index (χ0v) is 15.4. The lowest BCUT2D eigenvalue weighted by molar-refractivity contribution is -0.385. The van der Waals surface area contributed by atoms with Crippen LogP contribution in [0.5, 0.6) is 0 Å². The Kier molecular flexibility index (Phi) is 5.15. The lowest BCUT2D eigenvalue weighted by Gasteiger charge is -2.12. The van der Waals surface area contributed by atoms with Crippen LogP contribution in [0.1, 0.15) is 0 Å². The van der Waals surface area contributed by atoms with Gasteiger partial charge in [0.05, 0.1) is 14.8 Å². The Balaban J connectivity index is 2.19. The van der Waals surface area contributed by atoms with Crippen LogP contribution in [0.25, 0.3) is 0 Å². The van der Waals surface area contributed by atoms with Crippen LogP contribution in [-0.4, -0.2) is 14.8 Å². The minimum atomic E-state index is -3.22. The van der Waals surface area contributed by atoms with Crippen LogP contribution < -0.4 is 0 Å². The van der Waals surface area contributed by atoms with E-state index in [-0.39, 0.29) is 31.7 Å². The highest BCUT2D eigenvalue weighted by atomic mass is 32.2. The van der Waals surface area contributed by atoms with Gasteiger partial charge in [0.25, 0.3) is 17.1 Å². The molecule has 0 amide bonds. The highest BCUT2D eigenvalue weighted by Crippen LogP contribution is 2.38. The molecule has 0 radical (unpaired) electrons. The van der Waals surface area contributed by atoms with Crippen molar-refractivity contribution in [3.63, 3.8) is 0 Å². The maximum Gasteiger partial charge on any atom is 0.269 e. The van der Waals surface area contributed by atoms with E-state index < -0.39 is 24.7 Å². The Hall–Kier alpha value is -3.99. The Morgan fingerprint density at radius 2 is 0.690 bits per heavy atom. The summed E-state index contributed by atoms with van der Waals surface area (Å²) < 4.78 is 14.1. The van der Waals surface area contributed by atoms with E-state index in [4.69, 9.17) is 0 Å². The summed E-state index contributed by atoms with van der Waals surface area (Å²) in [6.45, 7) is 0. The molecule has 0 N–H and O–H groups in total. The van der Waals surface area contributed by atoms with Crippen LogP contribution in [-0.2, 0) is 14.1 Å². The molecule has 0 saturated heterocycles. The normalized spacial score (nSPS) is 11.0. The summed E-state index contributed by atoms with van der Waals surface area (Å²) in [5.41, 5.74) is -0.575. The van der Waals surface area contributed by atoms with Crippen molar-refractivity contribution in [3.05, 3.63) is 103 Å². The summed E-state index contributed by atoms with van der Waals surface area (Å²) in [4.78, 5) is 31.6. The summed E-state index contributed by atoms with van der Waals surface area (Å²) in [5, 5.41) is 32.7. The number of rotatable bonds is 6. The third-order valence-electron chi connectivity index (χ3n) is 4.14. The van der Waals surface area contributed by atoms with Gasteiger partial charge in [-0.05, 0) is 0 Å². The highest BCUT2D eigenvalue weighted by Gasteiger charge is 2.38. The van der Waals surface area contributed by atoms with Gasteiger partial charge >= 0.3 is 0 Å². The lowest BCUT2D eigenvalue weighted by Crippen LogP contribution is -2.13. The number of nitro groups is 3. The summed E-state index contributed by atoms with van der Waals surface area (Å²) in [5.74, 6) is 0. The average Bonchev–Trinajstić information content (AvgIpc) is 2.73. The standard InChI is InChI=1S/C18H12N3O7S/c22-19(23)13-1-7-16(8-2-13)29(28,17-9-3-14(4-10-17)20(24)25)18-11-5-15(6-12-18)21(26)27/h1-12H/q+1. The van der Waals surface area contributed by atoms with Gasteiger partial charge in [0.2, 0.25) is 0 Å². The minimum absolute atomic E-state index is 0.192. The molecule has 3 aromatic rings. The van der Waals surface area contributed by atoms with Gasteiger partial charge in [0.1, 0.15) is 0 Å². The molecule has 0 atom stereocenters. The Labute approximate surface area is 164 Å². The molecule has 11 heteroatoms. The number of hydrogen-bond donors (Lipinski definition) is 0. The quantitative estimate of drug-likeness (QED) is 0.330. The van der Waals surface area contributed by atoms with Gasteiger partial charge in [-0.15, -0.1) is 0 Å². The molecule has 0 aliphatic heterocycles. The van der Waals surface area contributed by atoms with E-state index in [1.165, 1.54) is 72.8 Å². The van der Waals surface area contributed by atoms with Crippen LogP contribution in [0.3, 0.4) is 0 Å². The molecule has 0 unspecified atom stereocenters. The van der Waals surface area contributed by atoms with Crippen LogP contribution in [0.2, 0.25) is 0 Å². The second-order valence-corrected chi connectivity index (χ2v) is 8.34. The fourth-order valence-corrected chi connectivity index (χ4v) is 5.06. The molecule has 29 heavy (non-hydrogen) atoms. The van der Waals surface area contributed by atoms with Crippen molar-refractivity contribution in [2.24, 2.45) is 0 Å². The molecule has 3 rings (SSSR count). The second kappa shape index (κ2) is 7.56. The second-order valence-electron chi connectivity index (χ2n) is 5.81. The van der Waals surface area contributed by atoms with Gasteiger partial charge in [-0.3, -0.25) is 30.3 Å². The largest absolute Gasteiger partial charge is 0.269 e. The summed E-state index contributed by atoms with van der Waals surface area (Å²) in [6, 6.07) is 15.2. The molecule has 0 spiro atoms. The molecular formula is C18H12N3O7S+. The summed E-state index contributed by atoms with van der Waals surface area (Å²) in [7, 11) is -3.22. The van der Waals surface area contributed by atoms with Gasteiger partial charge < -0.3 is 0 Å². The van der Waals surface area contributed by atoms with Crippen LogP contribution in [0.15, 0.2) is 87.5 Å². The molecule has 0 saturated carbocycles. The molecule has 0 aliphatic rings. The van der Waals surface area contributed by atoms with E-state index in [9.17, 15) is 34.6 Å². The molecule has 10 nitrogen and oxygen atoms in total. The molecule has 146 valence electrons. The average molecular weight is 414 g/mol.